The molecule has 6 heteroatoms. The molecule has 0 spiro atoms. The van der Waals surface area contributed by atoms with Gasteiger partial charge in [0, 0.05) is 43.5 Å². The van der Waals surface area contributed by atoms with Gasteiger partial charge in [0.1, 0.15) is 5.75 Å². The van der Waals surface area contributed by atoms with Crippen molar-refractivity contribution >= 4 is 23.2 Å². The van der Waals surface area contributed by atoms with E-state index in [1.165, 1.54) is 16.8 Å². The zero-order chi connectivity index (χ0) is 24.0. The number of anilines is 2. The summed E-state index contributed by atoms with van der Waals surface area (Å²) in [7, 11) is 0. The molecular weight excluding hydrogens is 438 g/mol. The molecule has 0 atom stereocenters. The molecule has 1 fully saturated rings. The number of para-hydroxylation sites is 2. The molecule has 0 aliphatic carbocycles. The molecule has 3 aromatic carbocycles. The van der Waals surface area contributed by atoms with Crippen molar-refractivity contribution in [2.45, 2.75) is 25.8 Å². The minimum Gasteiger partial charge on any atom is -0.484 e. The van der Waals surface area contributed by atoms with Gasteiger partial charge in [-0.25, -0.2) is 0 Å². The number of carbonyl (C=O) groups is 2. The van der Waals surface area contributed by atoms with Crippen LogP contribution >= 0.6 is 0 Å². The predicted octanol–water partition coefficient (Wildman–Crippen LogP) is 4.51. The number of carbonyl (C=O) groups excluding carboxylic acids is 2. The van der Waals surface area contributed by atoms with Gasteiger partial charge in [0.05, 0.1) is 0 Å². The Balaban J connectivity index is 1.07. The van der Waals surface area contributed by atoms with E-state index in [4.69, 9.17) is 4.74 Å². The van der Waals surface area contributed by atoms with E-state index in [0.717, 1.165) is 25.2 Å². The van der Waals surface area contributed by atoms with Gasteiger partial charge in [-0.3, -0.25) is 9.59 Å². The largest absolute Gasteiger partial charge is 0.484 e. The first-order valence-electron chi connectivity index (χ1n) is 12.3. The van der Waals surface area contributed by atoms with E-state index in [-0.39, 0.29) is 24.3 Å². The molecule has 2 aliphatic rings. The summed E-state index contributed by atoms with van der Waals surface area (Å²) in [6, 6.07) is 26.1. The van der Waals surface area contributed by atoms with E-state index >= 15 is 0 Å². The van der Waals surface area contributed by atoms with Crippen LogP contribution in [0.4, 0.5) is 11.4 Å². The predicted molar refractivity (Wildman–Crippen MR) is 138 cm³/mol. The van der Waals surface area contributed by atoms with Crippen LogP contribution in [0.3, 0.4) is 0 Å². The fourth-order valence-electron chi connectivity index (χ4n) is 4.87. The van der Waals surface area contributed by atoms with Gasteiger partial charge in [-0.15, -0.1) is 0 Å². The molecule has 35 heavy (non-hydrogen) atoms. The van der Waals surface area contributed by atoms with E-state index < -0.39 is 0 Å². The number of rotatable bonds is 7. The molecule has 2 amide bonds. The van der Waals surface area contributed by atoms with Crippen LogP contribution in [0.25, 0.3) is 0 Å². The van der Waals surface area contributed by atoms with Crippen molar-refractivity contribution in [1.29, 1.82) is 0 Å². The Morgan fingerprint density at radius 1 is 0.857 bits per heavy atom. The second-order valence-electron chi connectivity index (χ2n) is 9.24. The number of hydrogen-bond acceptors (Lipinski definition) is 4. The van der Waals surface area contributed by atoms with Crippen LogP contribution in [-0.4, -0.2) is 43.0 Å². The summed E-state index contributed by atoms with van der Waals surface area (Å²) in [6.07, 6.45) is 2.42. The number of nitrogens with one attached hydrogen (secondary N) is 1. The standard InChI is InChI=1S/C29H31N3O3/c33-28(21-35-26-7-2-1-3-8-26)31-17-15-24(16-18-31)29(34)30-25-12-10-22(11-13-25)20-32-19-14-23-6-4-5-9-27(23)32/h1-13,24H,14-21H2,(H,30,34). The summed E-state index contributed by atoms with van der Waals surface area (Å²) < 4.78 is 5.57. The first kappa shape index (κ1) is 23.0. The molecule has 2 aliphatic heterocycles. The lowest BCUT2D eigenvalue weighted by Gasteiger charge is -2.31. The third-order valence-electron chi connectivity index (χ3n) is 6.90. The van der Waals surface area contributed by atoms with Crippen LogP contribution in [-0.2, 0) is 22.6 Å². The number of amides is 2. The van der Waals surface area contributed by atoms with Gasteiger partial charge in [0.25, 0.3) is 5.91 Å². The Morgan fingerprint density at radius 2 is 1.57 bits per heavy atom. The summed E-state index contributed by atoms with van der Waals surface area (Å²) >= 11 is 0. The first-order chi connectivity index (χ1) is 17.2. The molecule has 0 radical (unpaired) electrons. The highest BCUT2D eigenvalue weighted by molar-refractivity contribution is 5.92. The van der Waals surface area contributed by atoms with E-state index in [1.54, 1.807) is 4.90 Å². The van der Waals surface area contributed by atoms with Crippen LogP contribution in [0, 0.1) is 5.92 Å². The zero-order valence-corrected chi connectivity index (χ0v) is 19.9. The third-order valence-corrected chi connectivity index (χ3v) is 6.90. The van der Waals surface area contributed by atoms with E-state index in [1.807, 2.05) is 42.5 Å². The molecular formula is C29H31N3O3. The van der Waals surface area contributed by atoms with Crippen LogP contribution in [0.15, 0.2) is 78.9 Å². The molecule has 1 saturated heterocycles. The summed E-state index contributed by atoms with van der Waals surface area (Å²) in [6.45, 7) is 3.08. The topological polar surface area (TPSA) is 61.9 Å². The van der Waals surface area contributed by atoms with Crippen molar-refractivity contribution in [3.63, 3.8) is 0 Å². The summed E-state index contributed by atoms with van der Waals surface area (Å²) in [5.41, 5.74) is 4.77. The van der Waals surface area contributed by atoms with Crippen LogP contribution in [0.2, 0.25) is 0 Å². The quantitative estimate of drug-likeness (QED) is 0.553. The number of piperidine rings is 1. The van der Waals surface area contributed by atoms with Gasteiger partial charge in [-0.05, 0) is 60.7 Å². The Morgan fingerprint density at radius 3 is 2.34 bits per heavy atom. The van der Waals surface area contributed by atoms with Gasteiger partial charge < -0.3 is 19.9 Å². The second kappa shape index (κ2) is 10.6. The maximum absolute atomic E-state index is 12.8. The second-order valence-corrected chi connectivity index (χ2v) is 9.24. The fraction of sp³-hybridized carbons (Fsp3) is 0.310. The average molecular weight is 470 g/mol. The van der Waals surface area contributed by atoms with Crippen molar-refractivity contribution in [2.75, 3.05) is 36.5 Å². The number of ether oxygens (including phenoxy) is 1. The van der Waals surface area contributed by atoms with E-state index in [0.29, 0.717) is 31.7 Å². The van der Waals surface area contributed by atoms with Gasteiger partial charge in [-0.1, -0.05) is 48.5 Å². The molecule has 0 aromatic heterocycles. The highest BCUT2D eigenvalue weighted by Crippen LogP contribution is 2.29. The highest BCUT2D eigenvalue weighted by atomic mass is 16.5. The lowest BCUT2D eigenvalue weighted by atomic mass is 9.95. The lowest BCUT2D eigenvalue weighted by Crippen LogP contribution is -2.43. The smallest absolute Gasteiger partial charge is 0.260 e. The minimum absolute atomic E-state index is 0.0240. The molecule has 3 aromatic rings. The molecule has 1 N–H and O–H groups in total. The zero-order valence-electron chi connectivity index (χ0n) is 19.9. The molecule has 5 rings (SSSR count). The Labute approximate surface area is 206 Å². The van der Waals surface area contributed by atoms with Crippen LogP contribution < -0.4 is 15.0 Å². The first-order valence-corrected chi connectivity index (χ1v) is 12.3. The molecule has 6 nitrogen and oxygen atoms in total. The molecule has 2 heterocycles. The highest BCUT2D eigenvalue weighted by Gasteiger charge is 2.27. The number of benzene rings is 3. The molecule has 180 valence electrons. The molecule has 0 bridgehead atoms. The van der Waals surface area contributed by atoms with E-state index in [2.05, 4.69) is 46.6 Å². The van der Waals surface area contributed by atoms with Crippen molar-refractivity contribution in [3.8, 4) is 5.75 Å². The fourth-order valence-corrected chi connectivity index (χ4v) is 4.87. The van der Waals surface area contributed by atoms with Gasteiger partial charge in [-0.2, -0.15) is 0 Å². The van der Waals surface area contributed by atoms with Gasteiger partial charge in [0.2, 0.25) is 5.91 Å². The SMILES string of the molecule is O=C(Nc1ccc(CN2CCc3ccccc32)cc1)C1CCN(C(=O)COc2ccccc2)CC1. The Hall–Kier alpha value is -3.80. The maximum atomic E-state index is 12.8. The average Bonchev–Trinajstić information content (AvgIpc) is 3.32. The maximum Gasteiger partial charge on any atom is 0.260 e. The summed E-state index contributed by atoms with van der Waals surface area (Å²) in [4.78, 5) is 29.5. The van der Waals surface area contributed by atoms with Crippen LogP contribution in [0.5, 0.6) is 5.75 Å². The monoisotopic (exact) mass is 469 g/mol. The van der Waals surface area contributed by atoms with Gasteiger partial charge in [0.15, 0.2) is 6.61 Å². The number of fused-ring (bicyclic) bond motifs is 1. The minimum atomic E-state index is -0.0881. The normalized spacial score (nSPS) is 15.5. The number of hydrogen-bond donors (Lipinski definition) is 1. The van der Waals surface area contributed by atoms with Crippen molar-refractivity contribution < 1.29 is 14.3 Å². The van der Waals surface area contributed by atoms with Crippen LogP contribution in [0.1, 0.15) is 24.0 Å². The van der Waals surface area contributed by atoms with Crippen molar-refractivity contribution in [1.82, 2.24) is 4.90 Å². The van der Waals surface area contributed by atoms with Crippen molar-refractivity contribution in [3.05, 3.63) is 90.0 Å². The Bertz CT molecular complexity index is 1160. The number of nitrogens with zero attached hydrogens (tertiary/aromatic N) is 2. The summed E-state index contributed by atoms with van der Waals surface area (Å²) in [5.74, 6) is 0.587. The molecule has 0 saturated carbocycles. The molecule has 0 unspecified atom stereocenters. The lowest BCUT2D eigenvalue weighted by molar-refractivity contribution is -0.136. The Kier molecular flexibility index (Phi) is 6.98. The summed E-state index contributed by atoms with van der Waals surface area (Å²) in [5, 5.41) is 3.06. The van der Waals surface area contributed by atoms with E-state index in [9.17, 15) is 9.59 Å². The third kappa shape index (κ3) is 5.65. The van der Waals surface area contributed by atoms with Crippen molar-refractivity contribution in [2.24, 2.45) is 5.92 Å². The van der Waals surface area contributed by atoms with Gasteiger partial charge >= 0.3 is 0 Å². The number of likely N-dealkylation sites (tertiary alicyclic amines) is 1.